The Hall–Kier alpha value is -1.96. The maximum absolute atomic E-state index is 12.4. The maximum Gasteiger partial charge on any atom is 0.573 e. The van der Waals surface area contributed by atoms with Crippen LogP contribution in [0.2, 0.25) is 0 Å². The molecule has 8 heteroatoms. The fourth-order valence-electron chi connectivity index (χ4n) is 2.98. The summed E-state index contributed by atoms with van der Waals surface area (Å²) in [7, 11) is 0. The second-order valence-electron chi connectivity index (χ2n) is 6.50. The third-order valence-electron chi connectivity index (χ3n) is 4.32. The van der Waals surface area contributed by atoms with Crippen LogP contribution in [0.4, 0.5) is 18.9 Å². The van der Waals surface area contributed by atoms with Crippen LogP contribution >= 0.6 is 0 Å². The van der Waals surface area contributed by atoms with Gasteiger partial charge in [-0.25, -0.2) is 0 Å². The molecule has 1 amide bonds. The zero-order chi connectivity index (χ0) is 19.0. The number of ether oxygens (including phenoxy) is 1. The van der Waals surface area contributed by atoms with E-state index in [9.17, 15) is 23.1 Å². The van der Waals surface area contributed by atoms with Gasteiger partial charge in [0.2, 0.25) is 5.91 Å². The van der Waals surface area contributed by atoms with Crippen molar-refractivity contribution < 1.29 is 27.8 Å². The van der Waals surface area contributed by atoms with E-state index in [4.69, 9.17) is 0 Å². The minimum atomic E-state index is -4.73. The number of hydrogen-bond donors (Lipinski definition) is 3. The van der Waals surface area contributed by atoms with Crippen LogP contribution in [0, 0.1) is 0 Å². The number of para-hydroxylation sites is 2. The van der Waals surface area contributed by atoms with Crippen LogP contribution in [0.1, 0.15) is 44.9 Å². The Morgan fingerprint density at radius 2 is 1.85 bits per heavy atom. The number of aliphatic hydroxyl groups is 1. The standard InChI is InChI=1S/C18H25F3N2O3/c19-18(20,21)26-16-6-2-1-5-15(16)22-12-4-3-7-17(25)23-13-8-10-14(24)11-9-13/h1-2,5-6,13-14,22,24H,3-4,7-12H2,(H,23,25). The minimum absolute atomic E-state index is 0.0211. The fraction of sp³-hybridized carbons (Fsp3) is 0.611. The number of carbonyl (C=O) groups excluding carboxylic acids is 1. The number of benzene rings is 1. The molecule has 2 rings (SSSR count). The van der Waals surface area contributed by atoms with Crippen molar-refractivity contribution in [2.75, 3.05) is 11.9 Å². The summed E-state index contributed by atoms with van der Waals surface area (Å²) >= 11 is 0. The Balaban J connectivity index is 1.64. The van der Waals surface area contributed by atoms with Gasteiger partial charge in [0.05, 0.1) is 11.8 Å². The van der Waals surface area contributed by atoms with E-state index >= 15 is 0 Å². The van der Waals surface area contributed by atoms with Crippen molar-refractivity contribution in [2.45, 2.75) is 63.5 Å². The van der Waals surface area contributed by atoms with Gasteiger partial charge in [0.25, 0.3) is 0 Å². The van der Waals surface area contributed by atoms with Crippen LogP contribution in [0.3, 0.4) is 0 Å². The van der Waals surface area contributed by atoms with Crippen LogP contribution in [-0.2, 0) is 4.79 Å². The summed E-state index contributed by atoms with van der Waals surface area (Å²) in [6.07, 6.45) is -0.296. The highest BCUT2D eigenvalue weighted by Gasteiger charge is 2.32. The third-order valence-corrected chi connectivity index (χ3v) is 4.32. The summed E-state index contributed by atoms with van der Waals surface area (Å²) in [5.74, 6) is -0.288. The molecule has 146 valence electrons. The second-order valence-corrected chi connectivity index (χ2v) is 6.50. The van der Waals surface area contributed by atoms with Gasteiger partial charge < -0.3 is 20.5 Å². The summed E-state index contributed by atoms with van der Waals surface area (Å²) in [5, 5.41) is 15.3. The van der Waals surface area contributed by atoms with Gasteiger partial charge in [-0.15, -0.1) is 13.2 Å². The first-order valence-electron chi connectivity index (χ1n) is 8.89. The van der Waals surface area contributed by atoms with E-state index in [1.165, 1.54) is 18.2 Å². The monoisotopic (exact) mass is 374 g/mol. The Kier molecular flexibility index (Phi) is 7.56. The summed E-state index contributed by atoms with van der Waals surface area (Å²) < 4.78 is 41.1. The number of aliphatic hydroxyl groups excluding tert-OH is 1. The normalized spacial score (nSPS) is 20.5. The molecule has 3 N–H and O–H groups in total. The van der Waals surface area contributed by atoms with Crippen LogP contribution in [0.15, 0.2) is 24.3 Å². The second kappa shape index (κ2) is 9.66. The molecule has 0 spiro atoms. The lowest BCUT2D eigenvalue weighted by molar-refractivity contribution is -0.274. The number of carbonyl (C=O) groups is 1. The third kappa shape index (κ3) is 7.51. The van der Waals surface area contributed by atoms with Gasteiger partial charge in [0.15, 0.2) is 5.75 Å². The lowest BCUT2D eigenvalue weighted by atomic mass is 9.93. The van der Waals surface area contributed by atoms with Crippen molar-refractivity contribution in [2.24, 2.45) is 0 Å². The minimum Gasteiger partial charge on any atom is -0.404 e. The predicted octanol–water partition coefficient (Wildman–Crippen LogP) is 3.59. The smallest absolute Gasteiger partial charge is 0.404 e. The summed E-state index contributed by atoms with van der Waals surface area (Å²) in [4.78, 5) is 11.9. The molecule has 1 aromatic carbocycles. The molecule has 1 aromatic rings. The van der Waals surface area contributed by atoms with Crippen LogP contribution in [0.5, 0.6) is 5.75 Å². The van der Waals surface area contributed by atoms with Crippen molar-refractivity contribution in [3.05, 3.63) is 24.3 Å². The number of nitrogens with one attached hydrogen (secondary N) is 2. The molecule has 26 heavy (non-hydrogen) atoms. The highest BCUT2D eigenvalue weighted by atomic mass is 19.4. The van der Waals surface area contributed by atoms with Crippen molar-refractivity contribution in [3.8, 4) is 5.75 Å². The molecule has 1 aliphatic carbocycles. The highest BCUT2D eigenvalue weighted by Crippen LogP contribution is 2.29. The molecule has 1 fully saturated rings. The van der Waals surface area contributed by atoms with Crippen LogP contribution < -0.4 is 15.4 Å². The number of unbranched alkanes of at least 4 members (excludes halogenated alkanes) is 1. The van der Waals surface area contributed by atoms with E-state index in [0.717, 1.165) is 12.8 Å². The van der Waals surface area contributed by atoms with Crippen LogP contribution in [0.25, 0.3) is 0 Å². The predicted molar refractivity (Wildman–Crippen MR) is 91.9 cm³/mol. The van der Waals surface area contributed by atoms with Crippen molar-refractivity contribution >= 4 is 11.6 Å². The molecule has 0 heterocycles. The van der Waals surface area contributed by atoms with Crippen molar-refractivity contribution in [1.29, 1.82) is 0 Å². The molecule has 0 unspecified atom stereocenters. The van der Waals surface area contributed by atoms with Gasteiger partial charge in [0, 0.05) is 19.0 Å². The van der Waals surface area contributed by atoms with Gasteiger partial charge >= 0.3 is 6.36 Å². The molecule has 5 nitrogen and oxygen atoms in total. The molecule has 1 aliphatic rings. The fourth-order valence-corrected chi connectivity index (χ4v) is 2.98. The molecule has 0 radical (unpaired) electrons. The lowest BCUT2D eigenvalue weighted by Gasteiger charge is -2.26. The average Bonchev–Trinajstić information content (AvgIpc) is 2.57. The van der Waals surface area contributed by atoms with Gasteiger partial charge in [-0.1, -0.05) is 12.1 Å². The average molecular weight is 374 g/mol. The number of amides is 1. The molecule has 0 bridgehead atoms. The zero-order valence-corrected chi connectivity index (χ0v) is 14.5. The van der Waals surface area contributed by atoms with Crippen molar-refractivity contribution in [3.63, 3.8) is 0 Å². The van der Waals surface area contributed by atoms with Crippen LogP contribution in [-0.4, -0.2) is 36.1 Å². The maximum atomic E-state index is 12.4. The van der Waals surface area contributed by atoms with E-state index in [2.05, 4.69) is 15.4 Å². The Morgan fingerprint density at radius 3 is 2.54 bits per heavy atom. The van der Waals surface area contributed by atoms with E-state index in [-0.39, 0.29) is 29.5 Å². The number of anilines is 1. The Labute approximate surface area is 150 Å². The number of halogens is 3. The summed E-state index contributed by atoms with van der Waals surface area (Å²) in [6, 6.07) is 6.01. The summed E-state index contributed by atoms with van der Waals surface area (Å²) in [6.45, 7) is 0.446. The largest absolute Gasteiger partial charge is 0.573 e. The number of alkyl halides is 3. The Bertz CT molecular complexity index is 573. The molecule has 0 atom stereocenters. The SMILES string of the molecule is O=C(CCCCNc1ccccc1OC(F)(F)F)NC1CCC(O)CC1. The Morgan fingerprint density at radius 1 is 1.15 bits per heavy atom. The molecule has 0 aromatic heterocycles. The molecule has 0 aliphatic heterocycles. The quantitative estimate of drug-likeness (QED) is 0.608. The van der Waals surface area contributed by atoms with E-state index in [1.54, 1.807) is 6.07 Å². The van der Waals surface area contributed by atoms with E-state index in [1.807, 2.05) is 0 Å². The van der Waals surface area contributed by atoms with Gasteiger partial charge in [-0.05, 0) is 50.7 Å². The molecule has 0 saturated heterocycles. The van der Waals surface area contributed by atoms with Gasteiger partial charge in [-0.3, -0.25) is 4.79 Å². The first-order chi connectivity index (χ1) is 12.3. The van der Waals surface area contributed by atoms with E-state index < -0.39 is 6.36 Å². The van der Waals surface area contributed by atoms with Gasteiger partial charge in [-0.2, -0.15) is 0 Å². The molecular weight excluding hydrogens is 349 g/mol. The van der Waals surface area contributed by atoms with Gasteiger partial charge in [0.1, 0.15) is 0 Å². The highest BCUT2D eigenvalue weighted by molar-refractivity contribution is 5.76. The number of rotatable bonds is 8. The first-order valence-corrected chi connectivity index (χ1v) is 8.89. The molecular formula is C18H25F3N2O3. The summed E-state index contributed by atoms with van der Waals surface area (Å²) in [5.41, 5.74) is 0.273. The zero-order valence-electron chi connectivity index (χ0n) is 14.5. The van der Waals surface area contributed by atoms with E-state index in [0.29, 0.717) is 38.6 Å². The lowest BCUT2D eigenvalue weighted by Crippen LogP contribution is -2.38. The topological polar surface area (TPSA) is 70.6 Å². The first kappa shape index (κ1) is 20.4. The van der Waals surface area contributed by atoms with Crippen molar-refractivity contribution in [1.82, 2.24) is 5.32 Å². The number of hydrogen-bond acceptors (Lipinski definition) is 4. The molecule has 1 saturated carbocycles.